The van der Waals surface area contributed by atoms with E-state index in [1.54, 1.807) is 30.5 Å². The number of carbonyl (C=O) groups excluding carboxylic acids is 1. The summed E-state index contributed by atoms with van der Waals surface area (Å²) in [5, 5.41) is 5.76. The molecule has 0 saturated carbocycles. The predicted molar refractivity (Wildman–Crippen MR) is 112 cm³/mol. The summed E-state index contributed by atoms with van der Waals surface area (Å²) in [7, 11) is 0. The first-order chi connectivity index (χ1) is 13.4. The summed E-state index contributed by atoms with van der Waals surface area (Å²) in [6.45, 7) is 5.68. The van der Waals surface area contributed by atoms with Gasteiger partial charge in [-0.1, -0.05) is 29.8 Å². The molecule has 1 heterocycles. The van der Waals surface area contributed by atoms with Gasteiger partial charge in [-0.15, -0.1) is 0 Å². The number of ketones is 1. The van der Waals surface area contributed by atoms with Gasteiger partial charge in [0.05, 0.1) is 17.3 Å². The van der Waals surface area contributed by atoms with Crippen LogP contribution in [0.1, 0.15) is 28.4 Å². The van der Waals surface area contributed by atoms with Gasteiger partial charge in [-0.2, -0.15) is 9.78 Å². The molecule has 0 fully saturated rings. The van der Waals surface area contributed by atoms with Gasteiger partial charge in [0.25, 0.3) is 5.56 Å². The normalized spacial score (nSPS) is 11.0. The van der Waals surface area contributed by atoms with E-state index in [0.29, 0.717) is 16.6 Å². The highest BCUT2D eigenvalue weighted by Gasteiger charge is 2.09. The second-order valence-corrected chi connectivity index (χ2v) is 7.08. The standard InChI is InChI=1S/C24H20N2O2/c1-15-4-10-22(16(2)12-15)19-7-11-23-20(13-19)14-25-26(24(23)28)21-8-5-18(6-9-21)17(3)27/h4-14H,1-3H3. The zero-order valence-electron chi connectivity index (χ0n) is 16.1. The number of aryl methyl sites for hydroxylation is 2. The Morgan fingerprint density at radius 1 is 0.929 bits per heavy atom. The Balaban J connectivity index is 1.80. The van der Waals surface area contributed by atoms with Gasteiger partial charge in [0.15, 0.2) is 5.78 Å². The molecular formula is C24H20N2O2. The molecule has 0 atom stereocenters. The van der Waals surface area contributed by atoms with Gasteiger partial charge in [0.1, 0.15) is 0 Å². The maximum atomic E-state index is 12.9. The minimum atomic E-state index is -0.180. The fraction of sp³-hybridized carbons (Fsp3) is 0.125. The Morgan fingerprint density at radius 2 is 1.68 bits per heavy atom. The molecule has 0 bridgehead atoms. The molecule has 0 amide bonds. The maximum Gasteiger partial charge on any atom is 0.279 e. The van der Waals surface area contributed by atoms with Gasteiger partial charge in [-0.25, -0.2) is 0 Å². The summed E-state index contributed by atoms with van der Waals surface area (Å²) in [6, 6.07) is 19.1. The molecule has 4 aromatic rings. The zero-order valence-corrected chi connectivity index (χ0v) is 16.1. The summed E-state index contributed by atoms with van der Waals surface area (Å²) in [5.41, 5.74) is 5.70. The van der Waals surface area contributed by atoms with Crippen molar-refractivity contribution in [2.45, 2.75) is 20.8 Å². The molecule has 0 saturated heterocycles. The van der Waals surface area contributed by atoms with E-state index in [4.69, 9.17) is 0 Å². The van der Waals surface area contributed by atoms with Crippen molar-refractivity contribution in [3.63, 3.8) is 0 Å². The SMILES string of the molecule is CC(=O)c1ccc(-n2ncc3cc(-c4ccc(C)cc4C)ccc3c2=O)cc1. The molecule has 4 rings (SSSR count). The van der Waals surface area contributed by atoms with Gasteiger partial charge in [0, 0.05) is 10.9 Å². The van der Waals surface area contributed by atoms with E-state index in [1.807, 2.05) is 18.2 Å². The van der Waals surface area contributed by atoms with E-state index in [1.165, 1.54) is 22.7 Å². The van der Waals surface area contributed by atoms with Crippen LogP contribution in [-0.4, -0.2) is 15.6 Å². The number of Topliss-reactive ketones (excluding diaryl/α,β-unsaturated/α-hetero) is 1. The third-order valence-corrected chi connectivity index (χ3v) is 5.00. The van der Waals surface area contributed by atoms with Crippen molar-refractivity contribution in [2.24, 2.45) is 0 Å². The molecule has 0 N–H and O–H groups in total. The van der Waals surface area contributed by atoms with Crippen molar-refractivity contribution in [3.05, 3.63) is 93.9 Å². The topological polar surface area (TPSA) is 52.0 Å². The third-order valence-electron chi connectivity index (χ3n) is 5.00. The number of aromatic nitrogens is 2. The summed E-state index contributed by atoms with van der Waals surface area (Å²) in [6.07, 6.45) is 1.71. The lowest BCUT2D eigenvalue weighted by Gasteiger charge is -2.10. The third kappa shape index (κ3) is 3.14. The molecule has 0 radical (unpaired) electrons. The molecule has 4 heteroatoms. The summed E-state index contributed by atoms with van der Waals surface area (Å²) in [4.78, 5) is 24.4. The average molecular weight is 368 g/mol. The second kappa shape index (κ2) is 6.89. The van der Waals surface area contributed by atoms with Gasteiger partial charge in [-0.3, -0.25) is 9.59 Å². The van der Waals surface area contributed by atoms with E-state index >= 15 is 0 Å². The number of nitrogens with zero attached hydrogens (tertiary/aromatic N) is 2. The minimum Gasteiger partial charge on any atom is -0.295 e. The summed E-state index contributed by atoms with van der Waals surface area (Å²) < 4.78 is 1.36. The minimum absolute atomic E-state index is 0.00991. The first-order valence-corrected chi connectivity index (χ1v) is 9.15. The van der Waals surface area contributed by atoms with Crippen LogP contribution in [0.4, 0.5) is 0 Å². The molecule has 3 aromatic carbocycles. The number of fused-ring (bicyclic) bond motifs is 1. The molecule has 0 spiro atoms. The monoisotopic (exact) mass is 368 g/mol. The lowest BCUT2D eigenvalue weighted by atomic mass is 9.97. The van der Waals surface area contributed by atoms with Crippen molar-refractivity contribution in [2.75, 3.05) is 0 Å². The van der Waals surface area contributed by atoms with Crippen LogP contribution >= 0.6 is 0 Å². The van der Waals surface area contributed by atoms with Crippen LogP contribution in [0, 0.1) is 13.8 Å². The van der Waals surface area contributed by atoms with Crippen LogP contribution in [0.15, 0.2) is 71.7 Å². The number of benzene rings is 3. The van der Waals surface area contributed by atoms with Gasteiger partial charge < -0.3 is 0 Å². The average Bonchev–Trinajstić information content (AvgIpc) is 2.68. The number of hydrogen-bond donors (Lipinski definition) is 0. The van der Waals surface area contributed by atoms with Gasteiger partial charge >= 0.3 is 0 Å². The Bertz CT molecular complexity index is 1270. The van der Waals surface area contributed by atoms with Crippen LogP contribution in [-0.2, 0) is 0 Å². The lowest BCUT2D eigenvalue weighted by Crippen LogP contribution is -2.20. The molecule has 138 valence electrons. The smallest absolute Gasteiger partial charge is 0.279 e. The summed E-state index contributed by atoms with van der Waals surface area (Å²) in [5.74, 6) is -0.00991. The number of hydrogen-bond acceptors (Lipinski definition) is 3. The van der Waals surface area contributed by atoms with Crippen molar-refractivity contribution in [1.29, 1.82) is 0 Å². The lowest BCUT2D eigenvalue weighted by molar-refractivity contribution is 0.101. The van der Waals surface area contributed by atoms with Gasteiger partial charge in [0.2, 0.25) is 0 Å². The Labute approximate surface area is 163 Å². The molecule has 0 aliphatic carbocycles. The van der Waals surface area contributed by atoms with Crippen LogP contribution in [0.2, 0.25) is 0 Å². The van der Waals surface area contributed by atoms with Crippen molar-refractivity contribution >= 4 is 16.6 Å². The molecule has 28 heavy (non-hydrogen) atoms. The van der Waals surface area contributed by atoms with Crippen molar-refractivity contribution in [3.8, 4) is 16.8 Å². The molecule has 0 aliphatic heterocycles. The van der Waals surface area contributed by atoms with Gasteiger partial charge in [-0.05, 0) is 73.9 Å². The number of rotatable bonds is 3. The Hall–Kier alpha value is -3.53. The maximum absolute atomic E-state index is 12.9. The second-order valence-electron chi connectivity index (χ2n) is 7.08. The first kappa shape index (κ1) is 17.9. The largest absolute Gasteiger partial charge is 0.295 e. The van der Waals surface area contributed by atoms with E-state index in [-0.39, 0.29) is 11.3 Å². The molecule has 0 aliphatic rings. The summed E-state index contributed by atoms with van der Waals surface area (Å²) >= 11 is 0. The number of carbonyl (C=O) groups is 1. The van der Waals surface area contributed by atoms with E-state index in [9.17, 15) is 9.59 Å². The van der Waals surface area contributed by atoms with Crippen LogP contribution in [0.25, 0.3) is 27.6 Å². The molecular weight excluding hydrogens is 348 g/mol. The quantitative estimate of drug-likeness (QED) is 0.485. The zero-order chi connectivity index (χ0) is 19.8. The van der Waals surface area contributed by atoms with Crippen LogP contribution in [0.3, 0.4) is 0 Å². The van der Waals surface area contributed by atoms with Crippen LogP contribution < -0.4 is 5.56 Å². The molecule has 0 unspecified atom stereocenters. The fourth-order valence-corrected chi connectivity index (χ4v) is 3.48. The van der Waals surface area contributed by atoms with Crippen LogP contribution in [0.5, 0.6) is 0 Å². The van der Waals surface area contributed by atoms with E-state index in [2.05, 4.69) is 37.1 Å². The van der Waals surface area contributed by atoms with E-state index in [0.717, 1.165) is 16.5 Å². The highest BCUT2D eigenvalue weighted by atomic mass is 16.1. The molecule has 4 nitrogen and oxygen atoms in total. The Morgan fingerprint density at radius 3 is 2.36 bits per heavy atom. The molecule has 1 aromatic heterocycles. The van der Waals surface area contributed by atoms with E-state index < -0.39 is 0 Å². The van der Waals surface area contributed by atoms with Crippen molar-refractivity contribution < 1.29 is 4.79 Å². The highest BCUT2D eigenvalue weighted by Crippen LogP contribution is 2.26. The first-order valence-electron chi connectivity index (χ1n) is 9.15. The predicted octanol–water partition coefficient (Wildman–Crippen LogP) is 4.87. The highest BCUT2D eigenvalue weighted by molar-refractivity contribution is 5.94. The fourth-order valence-electron chi connectivity index (χ4n) is 3.48. The Kier molecular flexibility index (Phi) is 4.40. The van der Waals surface area contributed by atoms with Crippen molar-refractivity contribution in [1.82, 2.24) is 9.78 Å².